The van der Waals surface area contributed by atoms with Crippen LogP contribution in [0.25, 0.3) is 0 Å². The van der Waals surface area contributed by atoms with E-state index in [0.29, 0.717) is 23.6 Å². The van der Waals surface area contributed by atoms with Gasteiger partial charge in [-0.05, 0) is 30.7 Å². The van der Waals surface area contributed by atoms with Crippen molar-refractivity contribution in [2.75, 3.05) is 11.9 Å². The van der Waals surface area contributed by atoms with Crippen LogP contribution in [-0.2, 0) is 14.4 Å². The summed E-state index contributed by atoms with van der Waals surface area (Å²) in [5, 5.41) is 25.3. The van der Waals surface area contributed by atoms with Crippen molar-refractivity contribution < 1.29 is 29.7 Å². The summed E-state index contributed by atoms with van der Waals surface area (Å²) in [7, 11) is 1.77. The van der Waals surface area contributed by atoms with Gasteiger partial charge >= 0.3 is 17.9 Å². The van der Waals surface area contributed by atoms with Crippen LogP contribution >= 0.6 is 11.6 Å². The van der Waals surface area contributed by atoms with Crippen LogP contribution in [0.3, 0.4) is 0 Å². The molecule has 0 aromatic heterocycles. The number of halogens is 1. The molecule has 1 unspecified atom stereocenters. The molecule has 8 heteroatoms. The predicted octanol–water partition coefficient (Wildman–Crippen LogP) is 2.35. The zero-order chi connectivity index (χ0) is 18.0. The molecule has 0 heterocycles. The van der Waals surface area contributed by atoms with Gasteiger partial charge in [0.15, 0.2) is 0 Å². The maximum atomic E-state index is 10.9. The van der Waals surface area contributed by atoms with E-state index in [9.17, 15) is 14.4 Å². The molecule has 0 saturated heterocycles. The Morgan fingerprint density at radius 2 is 1.52 bits per heavy atom. The first-order chi connectivity index (χ1) is 10.7. The predicted molar refractivity (Wildman–Crippen MR) is 86.0 cm³/mol. The van der Waals surface area contributed by atoms with Crippen LogP contribution in [0, 0.1) is 0 Å². The van der Waals surface area contributed by atoms with Crippen LogP contribution < -0.4 is 4.90 Å². The Morgan fingerprint density at radius 3 is 1.83 bits per heavy atom. The molecule has 1 aromatic carbocycles. The lowest BCUT2D eigenvalue weighted by Gasteiger charge is -2.25. The number of anilines is 1. The fourth-order valence-corrected chi connectivity index (χ4v) is 1.74. The van der Waals surface area contributed by atoms with Crippen molar-refractivity contribution >= 4 is 35.2 Å². The van der Waals surface area contributed by atoms with Gasteiger partial charge in [0.1, 0.15) is 6.04 Å². The Labute approximate surface area is 138 Å². The molecule has 0 radical (unpaired) electrons. The number of carbonyl (C=O) groups is 3. The lowest BCUT2D eigenvalue weighted by molar-refractivity contribution is -0.138. The Bertz CT molecular complexity index is 554. The molecule has 0 fully saturated rings. The van der Waals surface area contributed by atoms with Crippen molar-refractivity contribution in [2.45, 2.75) is 19.4 Å². The Kier molecular flexibility index (Phi) is 9.10. The molecule has 1 rings (SSSR count). The molecule has 126 valence electrons. The summed E-state index contributed by atoms with van der Waals surface area (Å²) < 4.78 is 0. The van der Waals surface area contributed by atoms with E-state index < -0.39 is 23.9 Å². The number of carboxylic acid groups (broad SMARTS) is 3. The van der Waals surface area contributed by atoms with Gasteiger partial charge in [-0.2, -0.15) is 0 Å². The molecule has 3 N–H and O–H groups in total. The highest BCUT2D eigenvalue weighted by Gasteiger charge is 2.20. The molecule has 7 nitrogen and oxygen atoms in total. The molecule has 0 aliphatic carbocycles. The second-order valence-electron chi connectivity index (χ2n) is 4.36. The van der Waals surface area contributed by atoms with E-state index in [0.717, 1.165) is 5.69 Å². The summed E-state index contributed by atoms with van der Waals surface area (Å²) in [5.41, 5.74) is 0.855. The highest BCUT2D eigenvalue weighted by Crippen LogP contribution is 2.19. The minimum atomic E-state index is -1.26. The lowest BCUT2D eigenvalue weighted by Crippen LogP contribution is -2.37. The van der Waals surface area contributed by atoms with E-state index in [1.807, 2.05) is 19.1 Å². The fraction of sp³-hybridized carbons (Fsp3) is 0.267. The molecule has 23 heavy (non-hydrogen) atoms. The first-order valence-corrected chi connectivity index (χ1v) is 6.92. The topological polar surface area (TPSA) is 115 Å². The van der Waals surface area contributed by atoms with E-state index in [1.165, 1.54) is 0 Å². The third-order valence-electron chi connectivity index (χ3n) is 2.74. The zero-order valence-corrected chi connectivity index (χ0v) is 13.4. The van der Waals surface area contributed by atoms with Gasteiger partial charge in [0, 0.05) is 29.9 Å². The molecule has 0 bridgehead atoms. The normalized spacial score (nSPS) is 11.3. The van der Waals surface area contributed by atoms with Crippen molar-refractivity contribution in [2.24, 2.45) is 0 Å². The van der Waals surface area contributed by atoms with Gasteiger partial charge in [0.2, 0.25) is 0 Å². The first kappa shape index (κ1) is 20.5. The number of hydrogen-bond acceptors (Lipinski definition) is 4. The number of hydrogen-bond donors (Lipinski definition) is 3. The largest absolute Gasteiger partial charge is 0.480 e. The van der Waals surface area contributed by atoms with Gasteiger partial charge in [0.25, 0.3) is 0 Å². The van der Waals surface area contributed by atoms with E-state index in [-0.39, 0.29) is 0 Å². The molecule has 0 amide bonds. The van der Waals surface area contributed by atoms with E-state index in [2.05, 4.69) is 0 Å². The van der Waals surface area contributed by atoms with Crippen LogP contribution in [0.5, 0.6) is 0 Å². The molecule has 1 aromatic rings. The van der Waals surface area contributed by atoms with Crippen LogP contribution in [-0.4, -0.2) is 46.3 Å². The quantitative estimate of drug-likeness (QED) is 0.679. The third-order valence-corrected chi connectivity index (χ3v) is 2.99. The third kappa shape index (κ3) is 8.47. The number of rotatable bonds is 6. The van der Waals surface area contributed by atoms with E-state index in [1.54, 1.807) is 24.1 Å². The molecular formula is C15H18ClNO6. The Hall–Kier alpha value is -2.54. The van der Waals surface area contributed by atoms with Crippen molar-refractivity contribution in [3.05, 3.63) is 41.4 Å². The molecule has 0 aliphatic rings. The standard InChI is InChI=1S/C11H14ClNO2.C4H4O4/c1-3-10(11(14)15)13(2)9-6-4-8(12)5-7-9;5-3(6)1-2-4(7)8/h4-7,10H,3H2,1-2H3,(H,14,15);1-2H,(H,5,6)(H,7,8)/b;2-1-. The van der Waals surface area contributed by atoms with Crippen molar-refractivity contribution in [3.63, 3.8) is 0 Å². The average molecular weight is 344 g/mol. The van der Waals surface area contributed by atoms with Gasteiger partial charge in [0.05, 0.1) is 0 Å². The molecule has 1 atom stereocenters. The van der Waals surface area contributed by atoms with Gasteiger partial charge in [-0.15, -0.1) is 0 Å². The Balaban J connectivity index is 0.000000515. The summed E-state index contributed by atoms with van der Waals surface area (Å²) in [6.07, 6.45) is 1.68. The van der Waals surface area contributed by atoms with Crippen molar-refractivity contribution in [1.29, 1.82) is 0 Å². The van der Waals surface area contributed by atoms with Crippen LogP contribution in [0.15, 0.2) is 36.4 Å². The second kappa shape index (κ2) is 10.2. The maximum Gasteiger partial charge on any atom is 0.328 e. The minimum Gasteiger partial charge on any atom is -0.480 e. The van der Waals surface area contributed by atoms with E-state index in [4.69, 9.17) is 26.9 Å². The van der Waals surface area contributed by atoms with Crippen LogP contribution in [0.2, 0.25) is 5.02 Å². The van der Waals surface area contributed by atoms with Gasteiger partial charge in [-0.25, -0.2) is 14.4 Å². The van der Waals surface area contributed by atoms with Gasteiger partial charge in [-0.3, -0.25) is 0 Å². The minimum absolute atomic E-state index is 0.494. The number of aliphatic carboxylic acids is 3. The number of likely N-dealkylation sites (N-methyl/N-ethyl adjacent to an activating group) is 1. The lowest BCUT2D eigenvalue weighted by atomic mass is 10.2. The summed E-state index contributed by atoms with van der Waals surface area (Å²) in [5.74, 6) is -3.32. The van der Waals surface area contributed by atoms with Crippen molar-refractivity contribution in [1.82, 2.24) is 0 Å². The molecule has 0 aliphatic heterocycles. The van der Waals surface area contributed by atoms with Crippen LogP contribution in [0.1, 0.15) is 13.3 Å². The summed E-state index contributed by atoms with van der Waals surface area (Å²) in [4.78, 5) is 31.8. The van der Waals surface area contributed by atoms with E-state index >= 15 is 0 Å². The number of benzene rings is 1. The smallest absolute Gasteiger partial charge is 0.328 e. The molecule has 0 saturated carbocycles. The Morgan fingerprint density at radius 1 is 1.09 bits per heavy atom. The average Bonchev–Trinajstić information content (AvgIpc) is 2.46. The molecular weight excluding hydrogens is 326 g/mol. The van der Waals surface area contributed by atoms with Crippen molar-refractivity contribution in [3.8, 4) is 0 Å². The number of nitrogens with zero attached hydrogens (tertiary/aromatic N) is 1. The summed E-state index contributed by atoms with van der Waals surface area (Å²) in [6, 6.07) is 6.64. The summed E-state index contributed by atoms with van der Waals surface area (Å²) >= 11 is 5.76. The van der Waals surface area contributed by atoms with Gasteiger partial charge < -0.3 is 20.2 Å². The van der Waals surface area contributed by atoms with Gasteiger partial charge in [-0.1, -0.05) is 18.5 Å². The second-order valence-corrected chi connectivity index (χ2v) is 4.80. The zero-order valence-electron chi connectivity index (χ0n) is 12.6. The SMILES string of the molecule is CCC(C(=O)O)N(C)c1ccc(Cl)cc1.O=C(O)/C=C\C(=O)O. The van der Waals surface area contributed by atoms with Crippen LogP contribution in [0.4, 0.5) is 5.69 Å². The monoisotopic (exact) mass is 343 g/mol. The number of carboxylic acids is 3. The molecule has 0 spiro atoms. The highest BCUT2D eigenvalue weighted by molar-refractivity contribution is 6.30. The fourth-order valence-electron chi connectivity index (χ4n) is 1.61. The summed E-state index contributed by atoms with van der Waals surface area (Å²) in [6.45, 7) is 1.85. The first-order valence-electron chi connectivity index (χ1n) is 6.54. The highest BCUT2D eigenvalue weighted by atomic mass is 35.5. The maximum absolute atomic E-state index is 10.9.